The molecule has 144 valence electrons. The van der Waals surface area contributed by atoms with Crippen molar-refractivity contribution in [3.05, 3.63) is 83.6 Å². The fourth-order valence-electron chi connectivity index (χ4n) is 3.18. The Morgan fingerprint density at radius 2 is 1.66 bits per heavy atom. The summed E-state index contributed by atoms with van der Waals surface area (Å²) in [4.78, 5) is 18.2. The third-order valence-electron chi connectivity index (χ3n) is 4.58. The molecule has 0 fully saturated rings. The lowest BCUT2D eigenvalue weighted by atomic mass is 10.0. The Hall–Kier alpha value is -3.44. The van der Waals surface area contributed by atoms with Gasteiger partial charge < -0.3 is 4.52 Å². The van der Waals surface area contributed by atoms with E-state index in [0.29, 0.717) is 27.9 Å². The van der Waals surface area contributed by atoms with Crippen LogP contribution in [0.15, 0.2) is 77.6 Å². The van der Waals surface area contributed by atoms with Crippen LogP contribution in [0.4, 0.5) is 11.6 Å². The summed E-state index contributed by atoms with van der Waals surface area (Å²) in [6, 6.07) is 18.8. The van der Waals surface area contributed by atoms with Gasteiger partial charge in [0.05, 0.1) is 16.3 Å². The van der Waals surface area contributed by atoms with Gasteiger partial charge in [-0.2, -0.15) is 0 Å². The molecule has 0 spiro atoms. The van der Waals surface area contributed by atoms with Crippen LogP contribution < -0.4 is 4.90 Å². The van der Waals surface area contributed by atoms with Crippen LogP contribution >= 0.6 is 11.6 Å². The summed E-state index contributed by atoms with van der Waals surface area (Å²) < 4.78 is 5.74. The van der Waals surface area contributed by atoms with E-state index in [-0.39, 0.29) is 5.91 Å². The molecule has 0 N–H and O–H groups in total. The minimum absolute atomic E-state index is 0.236. The molecule has 2 aromatic carbocycles. The Labute approximate surface area is 173 Å². The van der Waals surface area contributed by atoms with Crippen molar-refractivity contribution in [3.8, 4) is 22.4 Å². The first-order valence-electron chi connectivity index (χ1n) is 9.08. The predicted molar refractivity (Wildman–Crippen MR) is 114 cm³/mol. The van der Waals surface area contributed by atoms with Crippen molar-refractivity contribution in [1.29, 1.82) is 0 Å². The standard InChI is InChI=1S/C23H18ClN3O2/c1-15-7-9-18(10-8-15)22-21(17-11-13-25-14-12-17)23(29-26-22)27(16(2)28)20-6-4-3-5-19(20)24/h3-14H,1-2H3. The van der Waals surface area contributed by atoms with E-state index >= 15 is 0 Å². The normalized spacial score (nSPS) is 10.7. The summed E-state index contributed by atoms with van der Waals surface area (Å²) in [6.07, 6.45) is 3.39. The number of pyridine rings is 1. The molecule has 0 bridgehead atoms. The molecule has 0 saturated carbocycles. The number of para-hydroxylation sites is 1. The number of carbonyl (C=O) groups is 1. The maximum atomic E-state index is 12.6. The summed E-state index contributed by atoms with van der Waals surface area (Å²) in [6.45, 7) is 3.49. The van der Waals surface area contributed by atoms with Crippen molar-refractivity contribution < 1.29 is 9.32 Å². The maximum absolute atomic E-state index is 12.6. The maximum Gasteiger partial charge on any atom is 0.247 e. The first-order valence-corrected chi connectivity index (χ1v) is 9.46. The Balaban J connectivity index is 1.97. The van der Waals surface area contributed by atoms with Crippen molar-refractivity contribution >= 4 is 29.1 Å². The molecule has 6 heteroatoms. The largest absolute Gasteiger partial charge is 0.337 e. The molecule has 4 aromatic rings. The molecule has 0 saturated heterocycles. The number of halogens is 1. The highest BCUT2D eigenvalue weighted by molar-refractivity contribution is 6.34. The van der Waals surface area contributed by atoms with E-state index in [0.717, 1.165) is 16.7 Å². The van der Waals surface area contributed by atoms with Gasteiger partial charge in [0.1, 0.15) is 5.69 Å². The van der Waals surface area contributed by atoms with E-state index in [9.17, 15) is 4.79 Å². The highest BCUT2D eigenvalue weighted by Crippen LogP contribution is 2.43. The van der Waals surface area contributed by atoms with Crippen LogP contribution in [-0.4, -0.2) is 16.0 Å². The molecule has 0 aliphatic carbocycles. The number of amides is 1. The molecular weight excluding hydrogens is 386 g/mol. The van der Waals surface area contributed by atoms with E-state index in [2.05, 4.69) is 10.1 Å². The van der Waals surface area contributed by atoms with Gasteiger partial charge in [-0.15, -0.1) is 0 Å². The SMILES string of the molecule is CC(=O)N(c1ccccc1Cl)c1onc(-c2ccc(C)cc2)c1-c1ccncc1. The van der Waals surface area contributed by atoms with Gasteiger partial charge in [-0.3, -0.25) is 9.78 Å². The zero-order valence-electron chi connectivity index (χ0n) is 16.0. The second kappa shape index (κ2) is 7.89. The predicted octanol–water partition coefficient (Wildman–Crippen LogP) is 6.05. The van der Waals surface area contributed by atoms with E-state index < -0.39 is 0 Å². The first-order chi connectivity index (χ1) is 14.1. The van der Waals surface area contributed by atoms with E-state index in [1.807, 2.05) is 55.5 Å². The minimum atomic E-state index is -0.236. The number of benzene rings is 2. The lowest BCUT2D eigenvalue weighted by Crippen LogP contribution is -2.23. The Morgan fingerprint density at radius 3 is 2.31 bits per heavy atom. The Kier molecular flexibility index (Phi) is 5.14. The Morgan fingerprint density at radius 1 is 0.966 bits per heavy atom. The number of nitrogens with zero attached hydrogens (tertiary/aromatic N) is 3. The molecule has 0 unspecified atom stereocenters. The van der Waals surface area contributed by atoms with E-state index in [4.69, 9.17) is 16.1 Å². The molecule has 0 aliphatic rings. The third-order valence-corrected chi connectivity index (χ3v) is 4.90. The van der Waals surface area contributed by atoms with Crippen LogP contribution in [0.1, 0.15) is 12.5 Å². The zero-order valence-corrected chi connectivity index (χ0v) is 16.7. The van der Waals surface area contributed by atoms with Crippen LogP contribution in [0, 0.1) is 6.92 Å². The fraction of sp³-hybridized carbons (Fsp3) is 0.0870. The fourth-order valence-corrected chi connectivity index (χ4v) is 3.40. The van der Waals surface area contributed by atoms with Crippen LogP contribution in [0.2, 0.25) is 5.02 Å². The van der Waals surface area contributed by atoms with Gasteiger partial charge in [-0.1, -0.05) is 58.7 Å². The van der Waals surface area contributed by atoms with Crippen LogP contribution in [0.3, 0.4) is 0 Å². The number of rotatable bonds is 4. The zero-order chi connectivity index (χ0) is 20.4. The average molecular weight is 404 g/mol. The van der Waals surface area contributed by atoms with Crippen LogP contribution in [0.25, 0.3) is 22.4 Å². The van der Waals surface area contributed by atoms with Crippen molar-refractivity contribution in [2.45, 2.75) is 13.8 Å². The second-order valence-electron chi connectivity index (χ2n) is 6.62. The van der Waals surface area contributed by atoms with Crippen LogP contribution in [0.5, 0.6) is 0 Å². The summed E-state index contributed by atoms with van der Waals surface area (Å²) in [5, 5.41) is 4.76. The number of hydrogen-bond donors (Lipinski definition) is 0. The van der Waals surface area contributed by atoms with E-state index in [1.165, 1.54) is 11.8 Å². The summed E-state index contributed by atoms with van der Waals surface area (Å²) >= 11 is 6.39. The highest BCUT2D eigenvalue weighted by Gasteiger charge is 2.28. The second-order valence-corrected chi connectivity index (χ2v) is 7.03. The molecule has 0 aliphatic heterocycles. The molecule has 5 nitrogen and oxygen atoms in total. The van der Waals surface area contributed by atoms with Gasteiger partial charge in [-0.05, 0) is 36.8 Å². The molecule has 0 radical (unpaired) electrons. The first kappa shape index (κ1) is 18.9. The van der Waals surface area contributed by atoms with Gasteiger partial charge in [0.15, 0.2) is 0 Å². The quantitative estimate of drug-likeness (QED) is 0.416. The summed E-state index contributed by atoms with van der Waals surface area (Å²) in [7, 11) is 0. The van der Waals surface area contributed by atoms with E-state index in [1.54, 1.807) is 24.5 Å². The molecule has 0 atom stereocenters. The summed E-state index contributed by atoms with van der Waals surface area (Å²) in [5.41, 5.74) is 4.74. The topological polar surface area (TPSA) is 59.2 Å². The molecule has 1 amide bonds. The number of anilines is 2. The Bertz CT molecular complexity index is 1150. The van der Waals surface area contributed by atoms with Crippen molar-refractivity contribution in [2.24, 2.45) is 0 Å². The lowest BCUT2D eigenvalue weighted by Gasteiger charge is -2.20. The molecule has 2 heterocycles. The van der Waals surface area contributed by atoms with Crippen molar-refractivity contribution in [3.63, 3.8) is 0 Å². The molecule has 4 rings (SSSR count). The van der Waals surface area contributed by atoms with Crippen molar-refractivity contribution in [1.82, 2.24) is 10.1 Å². The number of hydrogen-bond acceptors (Lipinski definition) is 4. The molecular formula is C23H18ClN3O2. The van der Waals surface area contributed by atoms with Gasteiger partial charge >= 0.3 is 0 Å². The molecule has 2 aromatic heterocycles. The van der Waals surface area contributed by atoms with Gasteiger partial charge in [0.2, 0.25) is 11.8 Å². The number of aromatic nitrogens is 2. The monoisotopic (exact) mass is 403 g/mol. The van der Waals surface area contributed by atoms with Gasteiger partial charge in [0, 0.05) is 24.9 Å². The minimum Gasteiger partial charge on any atom is -0.337 e. The average Bonchev–Trinajstić information content (AvgIpc) is 3.15. The number of aryl methyl sites for hydroxylation is 1. The smallest absolute Gasteiger partial charge is 0.247 e. The lowest BCUT2D eigenvalue weighted by molar-refractivity contribution is -0.116. The highest BCUT2D eigenvalue weighted by atomic mass is 35.5. The van der Waals surface area contributed by atoms with Gasteiger partial charge in [0.25, 0.3) is 0 Å². The molecule has 29 heavy (non-hydrogen) atoms. The third kappa shape index (κ3) is 3.65. The van der Waals surface area contributed by atoms with Gasteiger partial charge in [-0.25, -0.2) is 4.90 Å². The number of carbonyl (C=O) groups excluding carboxylic acids is 1. The van der Waals surface area contributed by atoms with Crippen LogP contribution in [-0.2, 0) is 4.79 Å². The summed E-state index contributed by atoms with van der Waals surface area (Å²) in [5.74, 6) is 0.0763. The van der Waals surface area contributed by atoms with Crippen molar-refractivity contribution in [2.75, 3.05) is 4.90 Å².